The Morgan fingerprint density at radius 1 is 0.650 bits per heavy atom. The van der Waals surface area contributed by atoms with Crippen molar-refractivity contribution in [3.05, 3.63) is 27.8 Å². The summed E-state index contributed by atoms with van der Waals surface area (Å²) < 4.78 is 6.52. The van der Waals surface area contributed by atoms with E-state index in [0.29, 0.717) is 0 Å². The lowest BCUT2D eigenvalue weighted by Gasteiger charge is -2.57. The summed E-state index contributed by atoms with van der Waals surface area (Å²) in [6.07, 6.45) is 0. The molecule has 0 saturated carbocycles. The fourth-order valence-corrected chi connectivity index (χ4v) is 3.61. The van der Waals surface area contributed by atoms with E-state index >= 15 is 0 Å². The molecule has 0 radical (unpaired) electrons. The second-order valence-electron chi connectivity index (χ2n) is 8.07. The maximum absolute atomic E-state index is 6.52. The third-order valence-electron chi connectivity index (χ3n) is 6.68. The van der Waals surface area contributed by atoms with Gasteiger partial charge in [0.25, 0.3) is 0 Å². The summed E-state index contributed by atoms with van der Waals surface area (Å²) in [4.78, 5) is 0. The molecule has 0 bridgehead atoms. The van der Waals surface area contributed by atoms with Crippen LogP contribution >= 0.6 is 0 Å². The molecule has 1 nitrogen and oxygen atoms in total. The van der Waals surface area contributed by atoms with Crippen LogP contribution in [0.5, 0.6) is 5.75 Å². The lowest BCUT2D eigenvalue weighted by molar-refractivity contribution is -0.0751. The lowest BCUT2D eigenvalue weighted by atomic mass is 9.54. The first kappa shape index (κ1) is 15.4. The third kappa shape index (κ3) is 1.61. The first-order valence-electron chi connectivity index (χ1n) is 7.66. The fraction of sp³-hybridized carbons (Fsp3) is 0.684. The van der Waals surface area contributed by atoms with E-state index in [1.165, 1.54) is 27.8 Å². The minimum atomic E-state index is -0.178. The van der Waals surface area contributed by atoms with Gasteiger partial charge < -0.3 is 4.74 Å². The van der Waals surface area contributed by atoms with Crippen molar-refractivity contribution in [3.63, 3.8) is 0 Å². The zero-order chi connectivity index (χ0) is 15.7. The molecule has 0 N–H and O–H groups in total. The van der Waals surface area contributed by atoms with Gasteiger partial charge in [-0.3, -0.25) is 0 Å². The van der Waals surface area contributed by atoms with Crippen LogP contribution in [0.3, 0.4) is 0 Å². The zero-order valence-electron chi connectivity index (χ0n) is 14.9. The van der Waals surface area contributed by atoms with E-state index < -0.39 is 0 Å². The predicted molar refractivity (Wildman–Crippen MR) is 86.9 cm³/mol. The Labute approximate surface area is 124 Å². The molecule has 0 atom stereocenters. The second kappa shape index (κ2) is 4.02. The number of ether oxygens (including phenoxy) is 1. The molecule has 112 valence electrons. The number of hydrogen-bond donors (Lipinski definition) is 0. The molecule has 0 aromatic heterocycles. The molecule has 0 spiro atoms. The van der Waals surface area contributed by atoms with Crippen LogP contribution in [-0.4, -0.2) is 5.60 Å². The highest BCUT2D eigenvalue weighted by Crippen LogP contribution is 2.58. The van der Waals surface area contributed by atoms with Crippen LogP contribution in [-0.2, 0) is 5.41 Å². The van der Waals surface area contributed by atoms with E-state index in [2.05, 4.69) is 69.2 Å². The Bertz CT molecular complexity index is 574. The molecule has 1 aromatic carbocycles. The van der Waals surface area contributed by atoms with Gasteiger partial charge in [-0.2, -0.15) is 0 Å². The Morgan fingerprint density at radius 3 is 1.60 bits per heavy atom. The molecule has 0 fully saturated rings. The number of hydrogen-bond acceptors (Lipinski definition) is 1. The van der Waals surface area contributed by atoms with E-state index in [1.807, 2.05) is 0 Å². The maximum Gasteiger partial charge on any atom is 0.127 e. The van der Waals surface area contributed by atoms with E-state index in [4.69, 9.17) is 4.74 Å². The maximum atomic E-state index is 6.52. The highest BCUT2D eigenvalue weighted by atomic mass is 16.5. The van der Waals surface area contributed by atoms with Crippen molar-refractivity contribution in [1.82, 2.24) is 0 Å². The summed E-state index contributed by atoms with van der Waals surface area (Å²) in [5.74, 6) is 1.12. The Kier molecular flexibility index (Phi) is 3.10. The SMILES string of the molecule is Cc1c(C)c(C)c2c(c1C)OC(C)(C)C(C)(C)C2(C)C. The normalized spacial score (nSPS) is 22.1. The van der Waals surface area contributed by atoms with Crippen LogP contribution in [0.15, 0.2) is 0 Å². The van der Waals surface area contributed by atoms with Gasteiger partial charge in [0.15, 0.2) is 0 Å². The molecule has 0 aliphatic carbocycles. The monoisotopic (exact) mass is 274 g/mol. The van der Waals surface area contributed by atoms with Crippen LogP contribution < -0.4 is 4.74 Å². The highest BCUT2D eigenvalue weighted by Gasteiger charge is 2.55. The van der Waals surface area contributed by atoms with Gasteiger partial charge in [-0.1, -0.05) is 27.7 Å². The Morgan fingerprint density at radius 2 is 1.10 bits per heavy atom. The quantitative estimate of drug-likeness (QED) is 0.616. The topological polar surface area (TPSA) is 9.23 Å². The zero-order valence-corrected chi connectivity index (χ0v) is 14.9. The molecular weight excluding hydrogens is 244 g/mol. The molecule has 0 saturated heterocycles. The van der Waals surface area contributed by atoms with Crippen molar-refractivity contribution in [1.29, 1.82) is 0 Å². The summed E-state index contributed by atoms with van der Waals surface area (Å²) in [5.41, 5.74) is 6.85. The molecule has 2 rings (SSSR count). The molecular formula is C19H30O. The van der Waals surface area contributed by atoms with Gasteiger partial charge in [0.1, 0.15) is 11.4 Å². The van der Waals surface area contributed by atoms with Crippen LogP contribution in [0.1, 0.15) is 69.4 Å². The molecule has 1 aromatic rings. The predicted octanol–water partition coefficient (Wildman–Crippen LogP) is 5.40. The van der Waals surface area contributed by atoms with Gasteiger partial charge in [0.2, 0.25) is 0 Å². The van der Waals surface area contributed by atoms with Crippen LogP contribution in [0.4, 0.5) is 0 Å². The molecule has 1 aliphatic rings. The first-order chi connectivity index (χ1) is 8.86. The highest BCUT2D eigenvalue weighted by molar-refractivity contribution is 5.59. The van der Waals surface area contributed by atoms with E-state index in [9.17, 15) is 0 Å². The second-order valence-corrected chi connectivity index (χ2v) is 8.07. The summed E-state index contributed by atoms with van der Waals surface area (Å²) in [6.45, 7) is 22.8. The van der Waals surface area contributed by atoms with E-state index in [-0.39, 0.29) is 16.4 Å². The summed E-state index contributed by atoms with van der Waals surface area (Å²) in [5, 5.41) is 0. The Balaban J connectivity index is 2.92. The van der Waals surface area contributed by atoms with Gasteiger partial charge >= 0.3 is 0 Å². The molecule has 20 heavy (non-hydrogen) atoms. The van der Waals surface area contributed by atoms with Crippen molar-refractivity contribution in [2.75, 3.05) is 0 Å². The van der Waals surface area contributed by atoms with Crippen molar-refractivity contribution >= 4 is 0 Å². The van der Waals surface area contributed by atoms with Gasteiger partial charge in [-0.15, -0.1) is 0 Å². The first-order valence-corrected chi connectivity index (χ1v) is 7.66. The van der Waals surface area contributed by atoms with Crippen LogP contribution in [0.25, 0.3) is 0 Å². The van der Waals surface area contributed by atoms with Crippen molar-refractivity contribution in [2.24, 2.45) is 5.41 Å². The molecule has 0 amide bonds. The largest absolute Gasteiger partial charge is 0.487 e. The van der Waals surface area contributed by atoms with Crippen LogP contribution in [0.2, 0.25) is 0 Å². The number of rotatable bonds is 0. The minimum Gasteiger partial charge on any atom is -0.487 e. The third-order valence-corrected chi connectivity index (χ3v) is 6.68. The summed E-state index contributed by atoms with van der Waals surface area (Å²) >= 11 is 0. The van der Waals surface area contributed by atoms with E-state index in [1.54, 1.807) is 0 Å². The van der Waals surface area contributed by atoms with Gasteiger partial charge in [-0.05, 0) is 63.8 Å². The molecule has 1 heteroatoms. The molecule has 0 unspecified atom stereocenters. The van der Waals surface area contributed by atoms with Crippen molar-refractivity contribution in [2.45, 2.75) is 80.3 Å². The number of benzene rings is 1. The average Bonchev–Trinajstić information content (AvgIpc) is 2.31. The van der Waals surface area contributed by atoms with Gasteiger partial charge in [0.05, 0.1) is 0 Å². The van der Waals surface area contributed by atoms with Crippen molar-refractivity contribution < 1.29 is 4.74 Å². The standard InChI is InChI=1S/C19H30O/c1-11-12(2)14(4)16-15(13(11)3)17(5,6)18(7,8)19(9,10)20-16/h1-10H3. The fourth-order valence-electron chi connectivity index (χ4n) is 3.61. The van der Waals surface area contributed by atoms with Gasteiger partial charge in [-0.25, -0.2) is 0 Å². The van der Waals surface area contributed by atoms with Gasteiger partial charge in [0, 0.05) is 16.4 Å². The molecule has 1 heterocycles. The van der Waals surface area contributed by atoms with E-state index in [0.717, 1.165) is 5.75 Å². The van der Waals surface area contributed by atoms with Crippen LogP contribution in [0, 0.1) is 33.1 Å². The molecule has 1 aliphatic heterocycles. The number of fused-ring (bicyclic) bond motifs is 1. The average molecular weight is 274 g/mol. The van der Waals surface area contributed by atoms with Crippen molar-refractivity contribution in [3.8, 4) is 5.75 Å². The minimum absolute atomic E-state index is 0.0614. The summed E-state index contributed by atoms with van der Waals surface area (Å²) in [6, 6.07) is 0. The lowest BCUT2D eigenvalue weighted by Crippen LogP contribution is -2.58. The Hall–Kier alpha value is -0.980. The summed E-state index contributed by atoms with van der Waals surface area (Å²) in [7, 11) is 0. The smallest absolute Gasteiger partial charge is 0.127 e.